The van der Waals surface area contributed by atoms with Gasteiger partial charge in [-0.15, -0.1) is 0 Å². The van der Waals surface area contributed by atoms with Gasteiger partial charge in [-0.25, -0.2) is 0 Å². The van der Waals surface area contributed by atoms with Crippen molar-refractivity contribution in [2.24, 2.45) is 0 Å². The van der Waals surface area contributed by atoms with Gasteiger partial charge in [0.2, 0.25) is 0 Å². The van der Waals surface area contributed by atoms with E-state index in [1.165, 1.54) is 0 Å². The van der Waals surface area contributed by atoms with Crippen molar-refractivity contribution in [3.05, 3.63) is 94.5 Å². The molecule has 0 saturated carbocycles. The maximum absolute atomic E-state index is 13.3. The van der Waals surface area contributed by atoms with E-state index in [2.05, 4.69) is 5.32 Å². The number of carbonyl (C=O) groups excluding carboxylic acids is 1. The summed E-state index contributed by atoms with van der Waals surface area (Å²) in [6.07, 6.45) is -0.274. The summed E-state index contributed by atoms with van der Waals surface area (Å²) in [5.41, 5.74) is 4.31. The number of hydrogen-bond acceptors (Lipinski definition) is 2. The largest absolute Gasteiger partial charge is 0.360 e. The number of nitrogens with one attached hydrogen (secondary N) is 1. The molecular formula is C21H17ClN2O. The van der Waals surface area contributed by atoms with Gasteiger partial charge in [-0.3, -0.25) is 9.69 Å². The van der Waals surface area contributed by atoms with Gasteiger partial charge in [0.25, 0.3) is 5.91 Å². The lowest BCUT2D eigenvalue weighted by molar-refractivity contribution is 0.0975. The highest BCUT2D eigenvalue weighted by atomic mass is 35.5. The van der Waals surface area contributed by atoms with Crippen LogP contribution in [0.1, 0.15) is 27.7 Å². The number of benzene rings is 3. The molecule has 4 heteroatoms. The van der Waals surface area contributed by atoms with Gasteiger partial charge in [-0.2, -0.15) is 0 Å². The Labute approximate surface area is 151 Å². The second-order valence-corrected chi connectivity index (χ2v) is 6.52. The Balaban J connectivity index is 1.88. The first kappa shape index (κ1) is 15.7. The maximum Gasteiger partial charge on any atom is 0.262 e. The van der Waals surface area contributed by atoms with Gasteiger partial charge in [0, 0.05) is 16.4 Å². The molecule has 0 aromatic heterocycles. The van der Waals surface area contributed by atoms with E-state index < -0.39 is 0 Å². The first-order valence-electron chi connectivity index (χ1n) is 8.15. The SMILES string of the molecule is Cc1cc(N2C(=O)c3ccccc3N[C@H]2c2ccccc2)ccc1Cl. The summed E-state index contributed by atoms with van der Waals surface area (Å²) in [5, 5.41) is 4.19. The first-order valence-corrected chi connectivity index (χ1v) is 8.53. The number of carbonyl (C=O) groups is 1. The van der Waals surface area contributed by atoms with E-state index >= 15 is 0 Å². The van der Waals surface area contributed by atoms with Crippen LogP contribution in [0.25, 0.3) is 0 Å². The smallest absolute Gasteiger partial charge is 0.262 e. The molecule has 1 aliphatic heterocycles. The van der Waals surface area contributed by atoms with E-state index in [9.17, 15) is 4.79 Å². The molecule has 0 bridgehead atoms. The average Bonchev–Trinajstić information content (AvgIpc) is 2.65. The Hall–Kier alpha value is -2.78. The Bertz CT molecular complexity index is 940. The van der Waals surface area contributed by atoms with Crippen LogP contribution in [0.3, 0.4) is 0 Å². The fraction of sp³-hybridized carbons (Fsp3) is 0.0952. The minimum atomic E-state index is -0.274. The summed E-state index contributed by atoms with van der Waals surface area (Å²) in [4.78, 5) is 15.0. The zero-order chi connectivity index (χ0) is 17.4. The molecule has 1 atom stereocenters. The topological polar surface area (TPSA) is 32.3 Å². The molecule has 0 radical (unpaired) electrons. The fourth-order valence-electron chi connectivity index (χ4n) is 3.17. The molecule has 1 aliphatic rings. The summed E-state index contributed by atoms with van der Waals surface area (Å²) in [6, 6.07) is 23.3. The number of nitrogens with zero attached hydrogens (tertiary/aromatic N) is 1. The zero-order valence-electron chi connectivity index (χ0n) is 13.7. The number of halogens is 1. The van der Waals surface area contributed by atoms with Crippen molar-refractivity contribution in [2.45, 2.75) is 13.1 Å². The standard InChI is InChI=1S/C21H17ClN2O/c1-14-13-16(11-12-18(14)22)24-20(15-7-3-2-4-8-15)23-19-10-6-5-9-17(19)21(24)25/h2-13,20,23H,1H3/t20-/m1/s1. The van der Waals surface area contributed by atoms with Crippen LogP contribution >= 0.6 is 11.6 Å². The molecule has 1 heterocycles. The van der Waals surface area contributed by atoms with E-state index in [4.69, 9.17) is 11.6 Å². The second-order valence-electron chi connectivity index (χ2n) is 6.11. The van der Waals surface area contributed by atoms with Crippen molar-refractivity contribution in [1.29, 1.82) is 0 Å². The van der Waals surface area contributed by atoms with E-state index in [1.807, 2.05) is 79.7 Å². The monoisotopic (exact) mass is 348 g/mol. The molecular weight excluding hydrogens is 332 g/mol. The highest BCUT2D eigenvalue weighted by Crippen LogP contribution is 2.37. The van der Waals surface area contributed by atoms with Gasteiger partial charge in [0.15, 0.2) is 0 Å². The summed E-state index contributed by atoms with van der Waals surface area (Å²) in [7, 11) is 0. The lowest BCUT2D eigenvalue weighted by Gasteiger charge is -2.38. The molecule has 0 fully saturated rings. The lowest BCUT2D eigenvalue weighted by Crippen LogP contribution is -2.43. The Morgan fingerprint density at radius 3 is 2.44 bits per heavy atom. The fourth-order valence-corrected chi connectivity index (χ4v) is 3.28. The molecule has 0 saturated heterocycles. The van der Waals surface area contributed by atoms with Gasteiger partial charge in [0.05, 0.1) is 5.56 Å². The van der Waals surface area contributed by atoms with Crippen molar-refractivity contribution in [3.63, 3.8) is 0 Å². The lowest BCUT2D eigenvalue weighted by atomic mass is 10.0. The van der Waals surface area contributed by atoms with E-state index in [1.54, 1.807) is 4.90 Å². The quantitative estimate of drug-likeness (QED) is 0.670. The van der Waals surface area contributed by atoms with Crippen LogP contribution in [0.5, 0.6) is 0 Å². The third-order valence-electron chi connectivity index (χ3n) is 4.46. The summed E-state index contributed by atoms with van der Waals surface area (Å²) < 4.78 is 0. The first-order chi connectivity index (χ1) is 12.1. The number of para-hydroxylation sites is 1. The molecule has 3 nitrogen and oxygen atoms in total. The number of amides is 1. The number of aryl methyl sites for hydroxylation is 1. The van der Waals surface area contributed by atoms with Crippen LogP contribution < -0.4 is 10.2 Å². The predicted molar refractivity (Wildman–Crippen MR) is 102 cm³/mol. The van der Waals surface area contributed by atoms with Crippen LogP contribution in [0.4, 0.5) is 11.4 Å². The number of rotatable bonds is 2. The van der Waals surface area contributed by atoms with Crippen molar-refractivity contribution in [3.8, 4) is 0 Å². The molecule has 4 rings (SSSR count). The van der Waals surface area contributed by atoms with E-state index in [0.717, 1.165) is 22.5 Å². The predicted octanol–water partition coefficient (Wildman–Crippen LogP) is 5.42. The van der Waals surface area contributed by atoms with Gasteiger partial charge in [-0.05, 0) is 48.4 Å². The third kappa shape index (κ3) is 2.77. The van der Waals surface area contributed by atoms with Gasteiger partial charge < -0.3 is 5.32 Å². The number of fused-ring (bicyclic) bond motifs is 1. The molecule has 0 spiro atoms. The Kier molecular flexibility index (Phi) is 3.94. The molecule has 3 aromatic rings. The number of anilines is 2. The minimum absolute atomic E-state index is 0.0232. The van der Waals surface area contributed by atoms with Crippen LogP contribution in [0.2, 0.25) is 5.02 Å². The van der Waals surface area contributed by atoms with Crippen LogP contribution in [-0.2, 0) is 0 Å². The van der Waals surface area contributed by atoms with Crippen molar-refractivity contribution < 1.29 is 4.79 Å². The molecule has 1 N–H and O–H groups in total. The van der Waals surface area contributed by atoms with Crippen molar-refractivity contribution >= 4 is 28.9 Å². The second kappa shape index (κ2) is 6.26. The van der Waals surface area contributed by atoms with Gasteiger partial charge in [0.1, 0.15) is 6.17 Å². The van der Waals surface area contributed by atoms with Crippen LogP contribution in [0.15, 0.2) is 72.8 Å². The normalized spacial score (nSPS) is 16.3. The summed E-state index contributed by atoms with van der Waals surface area (Å²) in [5.74, 6) is -0.0232. The van der Waals surface area contributed by atoms with Crippen molar-refractivity contribution in [2.75, 3.05) is 10.2 Å². The Morgan fingerprint density at radius 1 is 0.960 bits per heavy atom. The highest BCUT2D eigenvalue weighted by molar-refractivity contribution is 6.31. The van der Waals surface area contributed by atoms with E-state index in [-0.39, 0.29) is 12.1 Å². The van der Waals surface area contributed by atoms with Gasteiger partial charge >= 0.3 is 0 Å². The molecule has 25 heavy (non-hydrogen) atoms. The van der Waals surface area contributed by atoms with Gasteiger partial charge in [-0.1, -0.05) is 54.1 Å². The molecule has 124 valence electrons. The van der Waals surface area contributed by atoms with Crippen molar-refractivity contribution in [1.82, 2.24) is 0 Å². The average molecular weight is 349 g/mol. The minimum Gasteiger partial charge on any atom is -0.360 e. The number of hydrogen-bond donors (Lipinski definition) is 1. The van der Waals surface area contributed by atoms with E-state index in [0.29, 0.717) is 10.6 Å². The zero-order valence-corrected chi connectivity index (χ0v) is 14.5. The maximum atomic E-state index is 13.3. The Morgan fingerprint density at radius 2 is 1.68 bits per heavy atom. The van der Waals surface area contributed by atoms with Crippen LogP contribution in [-0.4, -0.2) is 5.91 Å². The van der Waals surface area contributed by atoms with Crippen LogP contribution in [0, 0.1) is 6.92 Å². The third-order valence-corrected chi connectivity index (χ3v) is 4.89. The molecule has 0 unspecified atom stereocenters. The highest BCUT2D eigenvalue weighted by Gasteiger charge is 2.33. The summed E-state index contributed by atoms with van der Waals surface area (Å²) >= 11 is 6.17. The molecule has 3 aromatic carbocycles. The summed E-state index contributed by atoms with van der Waals surface area (Å²) in [6.45, 7) is 1.94. The molecule has 0 aliphatic carbocycles. The molecule has 1 amide bonds.